The Bertz CT molecular complexity index is 507. The van der Waals surface area contributed by atoms with Gasteiger partial charge in [-0.25, -0.2) is 10.8 Å². The number of piperazine rings is 1. The van der Waals surface area contributed by atoms with Gasteiger partial charge in [0.25, 0.3) is 0 Å². The summed E-state index contributed by atoms with van der Waals surface area (Å²) >= 11 is 0. The van der Waals surface area contributed by atoms with E-state index >= 15 is 0 Å². The highest BCUT2D eigenvalue weighted by molar-refractivity contribution is 5.80. The van der Waals surface area contributed by atoms with E-state index in [2.05, 4.69) is 32.4 Å². The monoisotopic (exact) mass is 289 g/mol. The minimum absolute atomic E-state index is 0.479. The third kappa shape index (κ3) is 3.39. The molecular weight excluding hydrogens is 266 g/mol. The molecule has 1 aliphatic heterocycles. The minimum atomic E-state index is 0.479. The molecule has 2 fully saturated rings. The Morgan fingerprint density at radius 1 is 1.29 bits per heavy atom. The first-order valence-corrected chi connectivity index (χ1v) is 7.48. The number of nitrogens with zero attached hydrogens (tertiary/aromatic N) is 3. The van der Waals surface area contributed by atoms with Gasteiger partial charge in [-0.3, -0.25) is 5.43 Å². The number of nitrogens with one attached hydrogen (secondary N) is 1. The van der Waals surface area contributed by atoms with Crippen LogP contribution in [0.2, 0.25) is 0 Å². The molecule has 1 saturated heterocycles. The topological polar surface area (TPSA) is 66.1 Å². The minimum Gasteiger partial charge on any atom is -0.497 e. The number of guanidine groups is 1. The second kappa shape index (κ2) is 6.22. The molecule has 2 aliphatic rings. The van der Waals surface area contributed by atoms with Crippen molar-refractivity contribution in [3.8, 4) is 5.75 Å². The third-order valence-corrected chi connectivity index (χ3v) is 3.98. The fourth-order valence-corrected chi connectivity index (χ4v) is 2.57. The Morgan fingerprint density at radius 3 is 2.67 bits per heavy atom. The molecule has 1 aromatic carbocycles. The molecule has 0 aromatic heterocycles. The number of rotatable bonds is 3. The van der Waals surface area contributed by atoms with Crippen molar-refractivity contribution in [1.29, 1.82) is 0 Å². The van der Waals surface area contributed by atoms with Gasteiger partial charge in [-0.1, -0.05) is 6.07 Å². The van der Waals surface area contributed by atoms with Gasteiger partial charge < -0.3 is 14.5 Å². The lowest BCUT2D eigenvalue weighted by molar-refractivity contribution is 0.371. The van der Waals surface area contributed by atoms with Crippen LogP contribution in [0.3, 0.4) is 0 Å². The number of benzene rings is 1. The zero-order valence-electron chi connectivity index (χ0n) is 12.5. The molecule has 1 aromatic rings. The zero-order valence-corrected chi connectivity index (χ0v) is 12.5. The fraction of sp³-hybridized carbons (Fsp3) is 0.533. The van der Waals surface area contributed by atoms with E-state index in [9.17, 15) is 0 Å². The van der Waals surface area contributed by atoms with E-state index in [0.717, 1.165) is 37.9 Å². The van der Waals surface area contributed by atoms with E-state index in [-0.39, 0.29) is 0 Å². The number of aliphatic imine (C=N–C) groups is 1. The molecule has 1 aliphatic carbocycles. The first kappa shape index (κ1) is 14.0. The van der Waals surface area contributed by atoms with Crippen LogP contribution in [0.1, 0.15) is 12.8 Å². The SMILES string of the molecule is COc1cccc(N2CCN(C(=NC3CC3)NN)CC2)c1. The second-order valence-electron chi connectivity index (χ2n) is 5.50. The van der Waals surface area contributed by atoms with Gasteiger partial charge in [0.05, 0.1) is 13.2 Å². The average molecular weight is 289 g/mol. The summed E-state index contributed by atoms with van der Waals surface area (Å²) in [4.78, 5) is 9.22. The van der Waals surface area contributed by atoms with Crippen LogP contribution in [0, 0.1) is 0 Å². The summed E-state index contributed by atoms with van der Waals surface area (Å²) in [6, 6.07) is 8.68. The van der Waals surface area contributed by atoms with E-state index in [0.29, 0.717) is 6.04 Å². The fourth-order valence-electron chi connectivity index (χ4n) is 2.57. The first-order chi connectivity index (χ1) is 10.3. The molecule has 0 amide bonds. The molecule has 114 valence electrons. The predicted molar refractivity (Wildman–Crippen MR) is 84.6 cm³/mol. The highest BCUT2D eigenvalue weighted by atomic mass is 16.5. The Labute approximate surface area is 125 Å². The van der Waals surface area contributed by atoms with Crippen LogP contribution in [0.5, 0.6) is 5.75 Å². The van der Waals surface area contributed by atoms with Crippen molar-refractivity contribution in [2.24, 2.45) is 10.8 Å². The third-order valence-electron chi connectivity index (χ3n) is 3.98. The maximum absolute atomic E-state index is 5.61. The average Bonchev–Trinajstić information content (AvgIpc) is 3.37. The summed E-state index contributed by atoms with van der Waals surface area (Å²) in [5, 5.41) is 0. The van der Waals surface area contributed by atoms with Gasteiger partial charge in [0.15, 0.2) is 0 Å². The van der Waals surface area contributed by atoms with Crippen LogP contribution < -0.4 is 20.9 Å². The molecule has 0 spiro atoms. The second-order valence-corrected chi connectivity index (χ2v) is 5.50. The summed E-state index contributed by atoms with van der Waals surface area (Å²) < 4.78 is 5.29. The molecule has 1 saturated carbocycles. The molecule has 1 heterocycles. The molecule has 6 nitrogen and oxygen atoms in total. The number of hydrogen-bond acceptors (Lipinski definition) is 4. The predicted octanol–water partition coefficient (Wildman–Crippen LogP) is 0.799. The van der Waals surface area contributed by atoms with E-state index in [4.69, 9.17) is 10.6 Å². The summed E-state index contributed by atoms with van der Waals surface area (Å²) in [7, 11) is 1.70. The van der Waals surface area contributed by atoms with Gasteiger partial charge in [-0.15, -0.1) is 0 Å². The van der Waals surface area contributed by atoms with Crippen molar-refractivity contribution >= 4 is 11.6 Å². The lowest BCUT2D eigenvalue weighted by Crippen LogP contribution is -2.54. The molecule has 0 atom stereocenters. The molecular formula is C15H23N5O. The highest BCUT2D eigenvalue weighted by Gasteiger charge is 2.25. The van der Waals surface area contributed by atoms with Crippen molar-refractivity contribution in [1.82, 2.24) is 10.3 Å². The number of nitrogens with two attached hydrogens (primary N) is 1. The van der Waals surface area contributed by atoms with Crippen molar-refractivity contribution in [2.45, 2.75) is 18.9 Å². The van der Waals surface area contributed by atoms with Crippen LogP contribution in [0.25, 0.3) is 0 Å². The zero-order chi connectivity index (χ0) is 14.7. The van der Waals surface area contributed by atoms with Crippen molar-refractivity contribution < 1.29 is 4.74 Å². The lowest BCUT2D eigenvalue weighted by atomic mass is 10.2. The number of hydrazine groups is 1. The molecule has 6 heteroatoms. The normalized spacial score (nSPS) is 19.6. The summed E-state index contributed by atoms with van der Waals surface area (Å²) in [5.74, 6) is 7.34. The van der Waals surface area contributed by atoms with Crippen LogP contribution in [-0.2, 0) is 0 Å². The molecule has 0 unspecified atom stereocenters. The van der Waals surface area contributed by atoms with Crippen LogP contribution in [0.4, 0.5) is 5.69 Å². The quantitative estimate of drug-likeness (QED) is 0.373. The number of ether oxygens (including phenoxy) is 1. The first-order valence-electron chi connectivity index (χ1n) is 7.48. The smallest absolute Gasteiger partial charge is 0.208 e. The van der Waals surface area contributed by atoms with Crippen LogP contribution in [0.15, 0.2) is 29.3 Å². The van der Waals surface area contributed by atoms with Gasteiger partial charge >= 0.3 is 0 Å². The molecule has 0 bridgehead atoms. The van der Waals surface area contributed by atoms with Gasteiger partial charge in [-0.2, -0.15) is 0 Å². The van der Waals surface area contributed by atoms with Crippen LogP contribution >= 0.6 is 0 Å². The summed E-state index contributed by atoms with van der Waals surface area (Å²) in [6.07, 6.45) is 2.38. The van der Waals surface area contributed by atoms with Gasteiger partial charge in [0, 0.05) is 37.9 Å². The Kier molecular flexibility index (Phi) is 4.15. The molecule has 3 N–H and O–H groups in total. The van der Waals surface area contributed by atoms with Gasteiger partial charge in [-0.05, 0) is 25.0 Å². The summed E-state index contributed by atoms with van der Waals surface area (Å²) in [5.41, 5.74) is 3.96. The van der Waals surface area contributed by atoms with Gasteiger partial charge in [0.2, 0.25) is 5.96 Å². The maximum Gasteiger partial charge on any atom is 0.208 e. The number of methoxy groups -OCH3 is 1. The molecule has 0 radical (unpaired) electrons. The standard InChI is InChI=1S/C15H23N5O/c1-21-14-4-2-3-13(11-14)19-7-9-20(10-8-19)15(18-16)17-12-5-6-12/h2-4,11-12H,5-10,16H2,1H3,(H,17,18). The van der Waals surface area contributed by atoms with Crippen molar-refractivity contribution in [3.05, 3.63) is 24.3 Å². The highest BCUT2D eigenvalue weighted by Crippen LogP contribution is 2.24. The van der Waals surface area contributed by atoms with Crippen molar-refractivity contribution in [3.63, 3.8) is 0 Å². The number of hydrogen-bond donors (Lipinski definition) is 2. The molecule has 3 rings (SSSR count). The largest absolute Gasteiger partial charge is 0.497 e. The Balaban J connectivity index is 1.61. The van der Waals surface area contributed by atoms with E-state index in [1.54, 1.807) is 7.11 Å². The summed E-state index contributed by atoms with van der Waals surface area (Å²) in [6.45, 7) is 3.76. The van der Waals surface area contributed by atoms with E-state index in [1.807, 2.05) is 12.1 Å². The van der Waals surface area contributed by atoms with Crippen LogP contribution in [-0.4, -0.2) is 50.2 Å². The Morgan fingerprint density at radius 2 is 2.05 bits per heavy atom. The maximum atomic E-state index is 5.61. The van der Waals surface area contributed by atoms with E-state index < -0.39 is 0 Å². The number of anilines is 1. The molecule has 21 heavy (non-hydrogen) atoms. The lowest BCUT2D eigenvalue weighted by Gasteiger charge is -2.37. The van der Waals surface area contributed by atoms with Gasteiger partial charge in [0.1, 0.15) is 5.75 Å². The van der Waals surface area contributed by atoms with Crippen molar-refractivity contribution in [2.75, 3.05) is 38.2 Å². The Hall–Kier alpha value is -1.95. The van der Waals surface area contributed by atoms with E-state index in [1.165, 1.54) is 18.5 Å².